The number of hydrogen-bond donors (Lipinski definition) is 0. The van der Waals surface area contributed by atoms with Crippen molar-refractivity contribution in [1.29, 1.82) is 0 Å². The topological polar surface area (TPSA) is 46.6 Å². The third-order valence-corrected chi connectivity index (χ3v) is 6.44. The molecule has 2 aromatic carbocycles. The summed E-state index contributed by atoms with van der Waals surface area (Å²) in [6.07, 6.45) is 0.740. The van der Waals surface area contributed by atoms with Gasteiger partial charge >= 0.3 is 0 Å². The Morgan fingerprint density at radius 3 is 2.52 bits per heavy atom. The molecule has 1 heterocycles. The van der Waals surface area contributed by atoms with Crippen LogP contribution in [-0.2, 0) is 16.4 Å². The molecule has 4 nitrogen and oxygen atoms in total. The number of fused-ring (bicyclic) bond motifs is 1. The molecule has 1 atom stereocenters. The Balaban J connectivity index is 2.15. The van der Waals surface area contributed by atoms with Gasteiger partial charge in [0.15, 0.2) is 0 Å². The highest BCUT2D eigenvalue weighted by atomic mass is 32.2. The second-order valence-corrected chi connectivity index (χ2v) is 7.85. The average Bonchev–Trinajstić information content (AvgIpc) is 2.85. The monoisotopic (exact) mass is 331 g/mol. The summed E-state index contributed by atoms with van der Waals surface area (Å²) in [6.45, 7) is 5.61. The third kappa shape index (κ3) is 2.49. The minimum Gasteiger partial charge on any atom is -0.496 e. The molecule has 0 amide bonds. The van der Waals surface area contributed by atoms with Gasteiger partial charge in [-0.25, -0.2) is 8.42 Å². The molecule has 122 valence electrons. The maximum absolute atomic E-state index is 13.3. The van der Waals surface area contributed by atoms with Crippen LogP contribution in [0.2, 0.25) is 0 Å². The third-order valence-electron chi connectivity index (χ3n) is 4.37. The highest BCUT2D eigenvalue weighted by molar-refractivity contribution is 7.93. The molecule has 3 rings (SSSR count). The van der Waals surface area contributed by atoms with Crippen LogP contribution >= 0.6 is 0 Å². The largest absolute Gasteiger partial charge is 0.496 e. The van der Waals surface area contributed by atoms with Crippen LogP contribution in [-0.4, -0.2) is 21.6 Å². The second-order valence-electron chi connectivity index (χ2n) is 6.07. The van der Waals surface area contributed by atoms with Crippen LogP contribution in [0.5, 0.6) is 5.75 Å². The SMILES string of the molecule is COc1cc(C)c(S(=O)(=O)N2c3ccccc3C[C@@H]2C)cc1C. The quantitative estimate of drug-likeness (QED) is 0.865. The average molecular weight is 331 g/mol. The van der Waals surface area contributed by atoms with E-state index in [1.165, 1.54) is 0 Å². The van der Waals surface area contributed by atoms with Gasteiger partial charge in [0, 0.05) is 6.04 Å². The molecule has 0 saturated carbocycles. The van der Waals surface area contributed by atoms with Crippen molar-refractivity contribution in [2.45, 2.75) is 38.1 Å². The molecule has 0 aromatic heterocycles. The highest BCUT2D eigenvalue weighted by Gasteiger charge is 2.36. The van der Waals surface area contributed by atoms with Crippen molar-refractivity contribution in [3.05, 3.63) is 53.1 Å². The fraction of sp³-hybridized carbons (Fsp3) is 0.333. The molecule has 1 aliphatic rings. The van der Waals surface area contributed by atoms with Gasteiger partial charge in [-0.3, -0.25) is 4.31 Å². The fourth-order valence-corrected chi connectivity index (χ4v) is 5.26. The van der Waals surface area contributed by atoms with Crippen molar-refractivity contribution < 1.29 is 13.2 Å². The lowest BCUT2D eigenvalue weighted by Crippen LogP contribution is -2.36. The summed E-state index contributed by atoms with van der Waals surface area (Å²) in [6, 6.07) is 11.1. The van der Waals surface area contributed by atoms with Gasteiger partial charge in [0.05, 0.1) is 17.7 Å². The molecule has 0 radical (unpaired) electrons. The first kappa shape index (κ1) is 15.9. The van der Waals surface area contributed by atoms with Gasteiger partial charge in [0.2, 0.25) is 0 Å². The Hall–Kier alpha value is -2.01. The predicted octanol–water partition coefficient (Wildman–Crippen LogP) is 3.45. The first-order chi connectivity index (χ1) is 10.9. The number of sulfonamides is 1. The smallest absolute Gasteiger partial charge is 0.264 e. The summed E-state index contributed by atoms with van der Waals surface area (Å²) in [5.74, 6) is 0.705. The number of ether oxygens (including phenoxy) is 1. The van der Waals surface area contributed by atoms with E-state index >= 15 is 0 Å². The zero-order chi connectivity index (χ0) is 16.8. The van der Waals surface area contributed by atoms with Gasteiger partial charge in [-0.1, -0.05) is 18.2 Å². The van der Waals surface area contributed by atoms with E-state index in [9.17, 15) is 8.42 Å². The Kier molecular flexibility index (Phi) is 3.84. The van der Waals surface area contributed by atoms with E-state index in [0.29, 0.717) is 16.2 Å². The van der Waals surface area contributed by atoms with Crippen molar-refractivity contribution >= 4 is 15.7 Å². The van der Waals surface area contributed by atoms with E-state index in [4.69, 9.17) is 4.74 Å². The minimum atomic E-state index is -3.60. The Morgan fingerprint density at radius 1 is 1.13 bits per heavy atom. The van der Waals surface area contributed by atoms with Crippen molar-refractivity contribution in [2.75, 3.05) is 11.4 Å². The van der Waals surface area contributed by atoms with E-state index in [1.807, 2.05) is 45.0 Å². The molecular weight excluding hydrogens is 310 g/mol. The van der Waals surface area contributed by atoms with Gasteiger partial charge in [0.25, 0.3) is 10.0 Å². The Bertz CT molecular complexity index is 859. The number of aryl methyl sites for hydroxylation is 2. The Labute approximate surface area is 137 Å². The van der Waals surface area contributed by atoms with E-state index in [0.717, 1.165) is 23.2 Å². The summed E-state index contributed by atoms with van der Waals surface area (Å²) in [5, 5.41) is 0. The van der Waals surface area contributed by atoms with Gasteiger partial charge in [-0.05, 0) is 62.1 Å². The molecule has 0 spiro atoms. The molecule has 5 heteroatoms. The lowest BCUT2D eigenvalue weighted by molar-refractivity contribution is 0.411. The molecule has 1 aliphatic heterocycles. The van der Waals surface area contributed by atoms with E-state index < -0.39 is 10.0 Å². The zero-order valence-electron chi connectivity index (χ0n) is 13.8. The van der Waals surface area contributed by atoms with Gasteiger partial charge in [-0.15, -0.1) is 0 Å². The van der Waals surface area contributed by atoms with Crippen molar-refractivity contribution in [3.63, 3.8) is 0 Å². The highest BCUT2D eigenvalue weighted by Crippen LogP contribution is 2.38. The van der Waals surface area contributed by atoms with Gasteiger partial charge in [-0.2, -0.15) is 0 Å². The molecule has 23 heavy (non-hydrogen) atoms. The van der Waals surface area contributed by atoms with Crippen LogP contribution in [0.15, 0.2) is 41.3 Å². The zero-order valence-corrected chi connectivity index (χ0v) is 14.6. The van der Waals surface area contributed by atoms with Gasteiger partial charge in [0.1, 0.15) is 5.75 Å². The fourth-order valence-electron chi connectivity index (χ4n) is 3.27. The predicted molar refractivity (Wildman–Crippen MR) is 91.7 cm³/mol. The van der Waals surface area contributed by atoms with Crippen molar-refractivity contribution in [3.8, 4) is 5.75 Å². The second kappa shape index (κ2) is 5.57. The first-order valence-electron chi connectivity index (χ1n) is 7.64. The number of anilines is 1. The molecular formula is C18H21NO3S. The van der Waals surface area contributed by atoms with E-state index in [1.54, 1.807) is 23.5 Å². The van der Waals surface area contributed by atoms with Crippen LogP contribution in [0.25, 0.3) is 0 Å². The molecule has 2 aromatic rings. The van der Waals surface area contributed by atoms with Crippen LogP contribution < -0.4 is 9.04 Å². The molecule has 0 aliphatic carbocycles. The number of methoxy groups -OCH3 is 1. The maximum atomic E-state index is 13.3. The number of nitrogens with zero attached hydrogens (tertiary/aromatic N) is 1. The molecule has 0 N–H and O–H groups in total. The summed E-state index contributed by atoms with van der Waals surface area (Å²) in [5.41, 5.74) is 3.38. The summed E-state index contributed by atoms with van der Waals surface area (Å²) in [4.78, 5) is 0.347. The molecule has 0 saturated heterocycles. The Morgan fingerprint density at radius 2 is 1.83 bits per heavy atom. The standard InChI is InChI=1S/C18H21NO3S/c1-12-10-18(13(2)9-17(12)22-4)23(20,21)19-14(3)11-15-7-5-6-8-16(15)19/h5-10,14H,11H2,1-4H3/t14-/m0/s1. The summed E-state index contributed by atoms with van der Waals surface area (Å²) in [7, 11) is -2.01. The van der Waals surface area contributed by atoms with E-state index in [-0.39, 0.29) is 6.04 Å². The van der Waals surface area contributed by atoms with Crippen LogP contribution in [0.3, 0.4) is 0 Å². The van der Waals surface area contributed by atoms with Crippen LogP contribution in [0.4, 0.5) is 5.69 Å². The number of rotatable bonds is 3. The van der Waals surface area contributed by atoms with E-state index in [2.05, 4.69) is 0 Å². The normalized spacial score (nSPS) is 17.2. The van der Waals surface area contributed by atoms with Crippen molar-refractivity contribution in [1.82, 2.24) is 0 Å². The van der Waals surface area contributed by atoms with Crippen molar-refractivity contribution in [2.24, 2.45) is 0 Å². The molecule has 0 fully saturated rings. The lowest BCUT2D eigenvalue weighted by atomic mass is 10.1. The minimum absolute atomic E-state index is 0.0841. The number of hydrogen-bond acceptors (Lipinski definition) is 3. The van der Waals surface area contributed by atoms with Crippen LogP contribution in [0, 0.1) is 13.8 Å². The number of benzene rings is 2. The molecule has 0 unspecified atom stereocenters. The maximum Gasteiger partial charge on any atom is 0.264 e. The summed E-state index contributed by atoms with van der Waals surface area (Å²) >= 11 is 0. The number of para-hydroxylation sites is 1. The lowest BCUT2D eigenvalue weighted by Gasteiger charge is -2.25. The summed E-state index contributed by atoms with van der Waals surface area (Å²) < 4.78 is 33.4. The first-order valence-corrected chi connectivity index (χ1v) is 9.08. The molecule has 0 bridgehead atoms. The van der Waals surface area contributed by atoms with Gasteiger partial charge < -0.3 is 4.74 Å². The van der Waals surface area contributed by atoms with Crippen LogP contribution in [0.1, 0.15) is 23.6 Å².